The van der Waals surface area contributed by atoms with E-state index < -0.39 is 5.54 Å². The predicted octanol–water partition coefficient (Wildman–Crippen LogP) is 5.14. The number of carbonyl (C=O) groups is 3. The van der Waals surface area contributed by atoms with Crippen LogP contribution in [0.1, 0.15) is 91.3 Å². The van der Waals surface area contributed by atoms with Crippen molar-refractivity contribution in [1.82, 2.24) is 9.80 Å². The normalized spacial score (nSPS) is 17.2. The van der Waals surface area contributed by atoms with E-state index in [9.17, 15) is 14.4 Å². The molecule has 0 saturated carbocycles. The fourth-order valence-electron chi connectivity index (χ4n) is 5.17. The van der Waals surface area contributed by atoms with Crippen molar-refractivity contribution in [3.05, 3.63) is 70.3 Å². The van der Waals surface area contributed by atoms with E-state index in [2.05, 4.69) is 32.7 Å². The molecule has 2 N–H and O–H groups in total. The summed E-state index contributed by atoms with van der Waals surface area (Å²) in [6, 6.07) is 13.1. The second-order valence-electron chi connectivity index (χ2n) is 11.0. The van der Waals surface area contributed by atoms with Crippen LogP contribution in [0.15, 0.2) is 47.5 Å². The van der Waals surface area contributed by atoms with Gasteiger partial charge in [-0.25, -0.2) is 4.99 Å². The molecule has 0 radical (unpaired) electrons. The molecule has 204 valence electrons. The van der Waals surface area contributed by atoms with Crippen LogP contribution in [0.3, 0.4) is 0 Å². The molecule has 0 aromatic heterocycles. The maximum atomic E-state index is 13.2. The molecule has 1 atom stereocenters. The van der Waals surface area contributed by atoms with Crippen LogP contribution in [0.25, 0.3) is 0 Å². The molecule has 0 spiro atoms. The highest BCUT2D eigenvalue weighted by atomic mass is 16.2. The number of benzene rings is 2. The van der Waals surface area contributed by atoms with Crippen LogP contribution in [-0.2, 0) is 17.8 Å². The van der Waals surface area contributed by atoms with Crippen molar-refractivity contribution >= 4 is 23.6 Å². The topological polar surface area (TPSA) is 96.1 Å². The van der Waals surface area contributed by atoms with Crippen LogP contribution < -0.4 is 5.73 Å². The van der Waals surface area contributed by atoms with Gasteiger partial charge in [0.25, 0.3) is 11.8 Å². The Morgan fingerprint density at radius 2 is 1.58 bits per heavy atom. The van der Waals surface area contributed by atoms with E-state index in [1.165, 1.54) is 4.90 Å². The van der Waals surface area contributed by atoms with Gasteiger partial charge in [0.1, 0.15) is 5.54 Å². The molecule has 1 unspecified atom stereocenters. The molecule has 2 amide bonds. The zero-order chi connectivity index (χ0) is 28.0. The zero-order valence-electron chi connectivity index (χ0n) is 23.7. The Morgan fingerprint density at radius 3 is 2.16 bits per heavy atom. The minimum Gasteiger partial charge on any atom is -0.369 e. The first-order chi connectivity index (χ1) is 18.0. The third kappa shape index (κ3) is 6.88. The first-order valence-corrected chi connectivity index (χ1v) is 13.7. The number of aryl methyl sites for hydroxylation is 1. The van der Waals surface area contributed by atoms with Crippen molar-refractivity contribution in [2.75, 3.05) is 13.1 Å². The van der Waals surface area contributed by atoms with Crippen LogP contribution >= 0.6 is 0 Å². The van der Waals surface area contributed by atoms with Crippen molar-refractivity contribution in [3.63, 3.8) is 0 Å². The number of hydrogen-bond acceptors (Lipinski definition) is 5. The lowest BCUT2D eigenvalue weighted by Gasteiger charge is -2.23. The maximum Gasteiger partial charge on any atom is 0.257 e. The minimum atomic E-state index is -0.817. The van der Waals surface area contributed by atoms with Gasteiger partial charge in [0, 0.05) is 30.6 Å². The number of ketones is 1. The molecular formula is C31H42N4O3. The zero-order valence-corrected chi connectivity index (χ0v) is 23.7. The van der Waals surface area contributed by atoms with E-state index in [-0.39, 0.29) is 30.0 Å². The van der Waals surface area contributed by atoms with Gasteiger partial charge in [-0.3, -0.25) is 19.3 Å². The van der Waals surface area contributed by atoms with Crippen LogP contribution in [0, 0.1) is 12.8 Å². The van der Waals surface area contributed by atoms with Crippen molar-refractivity contribution in [2.45, 2.75) is 79.3 Å². The maximum absolute atomic E-state index is 13.2. The summed E-state index contributed by atoms with van der Waals surface area (Å²) in [7, 11) is 0. The summed E-state index contributed by atoms with van der Waals surface area (Å²) in [6.45, 7) is 13.7. The van der Waals surface area contributed by atoms with Crippen molar-refractivity contribution in [1.29, 1.82) is 0 Å². The highest BCUT2D eigenvalue weighted by Gasteiger charge is 2.44. The fourth-order valence-corrected chi connectivity index (χ4v) is 5.17. The number of aliphatic imine (C=N–C) groups is 1. The second-order valence-corrected chi connectivity index (χ2v) is 11.0. The number of nitrogens with zero attached hydrogens (tertiary/aromatic N) is 3. The number of guanidine groups is 1. The van der Waals surface area contributed by atoms with Gasteiger partial charge in [0.2, 0.25) is 0 Å². The van der Waals surface area contributed by atoms with Gasteiger partial charge in [0.15, 0.2) is 11.7 Å². The predicted molar refractivity (Wildman–Crippen MR) is 152 cm³/mol. The Morgan fingerprint density at radius 1 is 1.00 bits per heavy atom. The third-order valence-electron chi connectivity index (χ3n) is 6.80. The summed E-state index contributed by atoms with van der Waals surface area (Å²) in [6.07, 6.45) is 2.65. The Bertz CT molecular complexity index is 1200. The minimum absolute atomic E-state index is 0.0282. The van der Waals surface area contributed by atoms with Gasteiger partial charge < -0.3 is 10.6 Å². The molecule has 1 aliphatic heterocycles. The van der Waals surface area contributed by atoms with E-state index >= 15 is 0 Å². The standard InChI is InChI=1S/C31H42N4O3/c1-7-13-34(14-8-2)28(37)26-16-22(5)15-25(18-26)27(36)17-23-9-11-24(12-10-23)20-35-29(38)31(6,19-21(3)4)33-30(35)32/h9-12,15-16,18,21H,7-8,13-14,17,19-20H2,1-6H3,(H2,32,33). The average Bonchev–Trinajstić information content (AvgIpc) is 3.06. The molecule has 38 heavy (non-hydrogen) atoms. The monoisotopic (exact) mass is 518 g/mol. The first-order valence-electron chi connectivity index (χ1n) is 13.7. The summed E-state index contributed by atoms with van der Waals surface area (Å²) in [5.74, 6) is 0.428. The number of carbonyl (C=O) groups excluding carboxylic acids is 3. The van der Waals surface area contributed by atoms with Crippen molar-refractivity contribution in [2.24, 2.45) is 16.6 Å². The molecule has 7 heteroatoms. The number of Topliss-reactive ketones (excluding diaryl/α,β-unsaturated/α-hetero) is 1. The molecule has 2 aromatic carbocycles. The lowest BCUT2D eigenvalue weighted by atomic mass is 9.91. The smallest absolute Gasteiger partial charge is 0.257 e. The Kier molecular flexibility index (Phi) is 9.47. The molecule has 0 saturated heterocycles. The number of nitrogens with two attached hydrogens (primary N) is 1. The fraction of sp³-hybridized carbons (Fsp3) is 0.484. The van der Waals surface area contributed by atoms with Gasteiger partial charge in [-0.1, -0.05) is 52.0 Å². The lowest BCUT2D eigenvalue weighted by molar-refractivity contribution is -0.131. The van der Waals surface area contributed by atoms with Gasteiger partial charge >= 0.3 is 0 Å². The Labute approximate surface area is 227 Å². The SMILES string of the molecule is CCCN(CCC)C(=O)c1cc(C)cc(C(=O)Cc2ccc(CN3C(=O)C(C)(CC(C)C)N=C3N)cc2)c1. The summed E-state index contributed by atoms with van der Waals surface area (Å²) in [5.41, 5.74) is 9.07. The van der Waals surface area contributed by atoms with Crippen molar-refractivity contribution < 1.29 is 14.4 Å². The molecular weight excluding hydrogens is 476 g/mol. The molecule has 2 aromatic rings. The molecule has 1 aliphatic rings. The number of hydrogen-bond donors (Lipinski definition) is 1. The van der Waals surface area contributed by atoms with E-state index in [1.54, 1.807) is 6.07 Å². The van der Waals surface area contributed by atoms with Gasteiger partial charge in [0.05, 0.1) is 6.54 Å². The van der Waals surface area contributed by atoms with Crippen LogP contribution in [0.4, 0.5) is 0 Å². The number of amides is 2. The summed E-state index contributed by atoms with van der Waals surface area (Å²) >= 11 is 0. The van der Waals surface area contributed by atoms with Crippen LogP contribution in [0.2, 0.25) is 0 Å². The van der Waals surface area contributed by atoms with E-state index in [1.807, 2.05) is 55.1 Å². The molecule has 0 fully saturated rings. The molecule has 7 nitrogen and oxygen atoms in total. The van der Waals surface area contributed by atoms with Gasteiger partial charge in [-0.15, -0.1) is 0 Å². The first kappa shape index (κ1) is 29.1. The average molecular weight is 519 g/mol. The van der Waals surface area contributed by atoms with E-state index in [4.69, 9.17) is 5.73 Å². The summed E-state index contributed by atoms with van der Waals surface area (Å²) in [5, 5.41) is 0. The van der Waals surface area contributed by atoms with Crippen molar-refractivity contribution in [3.8, 4) is 0 Å². The number of rotatable bonds is 12. The second kappa shape index (κ2) is 12.4. The third-order valence-corrected chi connectivity index (χ3v) is 6.80. The highest BCUT2D eigenvalue weighted by Crippen LogP contribution is 2.29. The molecule has 0 bridgehead atoms. The molecule has 1 heterocycles. The molecule has 0 aliphatic carbocycles. The largest absolute Gasteiger partial charge is 0.369 e. The molecule has 3 rings (SSSR count). The highest BCUT2D eigenvalue weighted by molar-refractivity contribution is 6.06. The lowest BCUT2D eigenvalue weighted by Crippen LogP contribution is -2.43. The van der Waals surface area contributed by atoms with E-state index in [0.29, 0.717) is 43.1 Å². The Balaban J connectivity index is 1.69. The van der Waals surface area contributed by atoms with E-state index in [0.717, 1.165) is 29.5 Å². The summed E-state index contributed by atoms with van der Waals surface area (Å²) < 4.78 is 0. The van der Waals surface area contributed by atoms with Crippen LogP contribution in [-0.4, -0.2) is 52.0 Å². The van der Waals surface area contributed by atoms with Crippen LogP contribution in [0.5, 0.6) is 0 Å². The summed E-state index contributed by atoms with van der Waals surface area (Å²) in [4.78, 5) is 47.1. The van der Waals surface area contributed by atoms with Gasteiger partial charge in [-0.2, -0.15) is 0 Å². The quantitative estimate of drug-likeness (QED) is 0.393. The Hall–Kier alpha value is -3.48. The van der Waals surface area contributed by atoms with Gasteiger partial charge in [-0.05, 0) is 73.9 Å².